The van der Waals surface area contributed by atoms with Crippen molar-refractivity contribution in [3.05, 3.63) is 29.8 Å². The number of halogens is 1. The Morgan fingerprint density at radius 2 is 1.79 bits per heavy atom. The van der Waals surface area contributed by atoms with Crippen LogP contribution in [0.4, 0.5) is 0 Å². The molecule has 0 bridgehead atoms. The number of methoxy groups -OCH3 is 2. The van der Waals surface area contributed by atoms with Gasteiger partial charge in [0, 0.05) is 32.2 Å². The number of nitrogens with one attached hydrogen (secondary N) is 2. The van der Waals surface area contributed by atoms with Crippen LogP contribution >= 0.6 is 24.0 Å². The van der Waals surface area contributed by atoms with Gasteiger partial charge in [0.25, 0.3) is 0 Å². The van der Waals surface area contributed by atoms with E-state index in [-0.39, 0.29) is 29.4 Å². The first-order valence-electron chi connectivity index (χ1n) is 8.19. The highest BCUT2D eigenvalue weighted by Gasteiger charge is 2.20. The second-order valence-electron chi connectivity index (χ2n) is 6.08. The van der Waals surface area contributed by atoms with Crippen molar-refractivity contribution >= 4 is 29.9 Å². The van der Waals surface area contributed by atoms with Gasteiger partial charge in [0.1, 0.15) is 5.75 Å². The standard InChI is InChI=1S/C18H31N3O2.HI/c1-6-19-17(20-12-7-13-22-4)21-14-18(2,3)15-8-10-16(23-5)11-9-15;/h8-11H,6-7,12-14H2,1-5H3,(H2,19,20,21);1H. The molecular weight excluding hydrogens is 417 g/mol. The Labute approximate surface area is 163 Å². The zero-order valence-corrected chi connectivity index (χ0v) is 17.8. The molecule has 6 heteroatoms. The summed E-state index contributed by atoms with van der Waals surface area (Å²) in [6, 6.07) is 8.20. The molecule has 0 aliphatic heterocycles. The van der Waals surface area contributed by atoms with E-state index in [0.717, 1.165) is 37.8 Å². The number of aliphatic imine (C=N–C) groups is 1. The maximum atomic E-state index is 5.22. The predicted molar refractivity (Wildman–Crippen MR) is 112 cm³/mol. The normalized spacial score (nSPS) is 11.6. The average Bonchev–Trinajstić information content (AvgIpc) is 2.56. The van der Waals surface area contributed by atoms with Crippen LogP contribution in [0.3, 0.4) is 0 Å². The highest BCUT2D eigenvalue weighted by atomic mass is 127. The van der Waals surface area contributed by atoms with E-state index in [9.17, 15) is 0 Å². The summed E-state index contributed by atoms with van der Waals surface area (Å²) in [6.07, 6.45) is 0.961. The van der Waals surface area contributed by atoms with Crippen LogP contribution in [-0.2, 0) is 10.2 Å². The number of hydrogen-bond donors (Lipinski definition) is 2. The van der Waals surface area contributed by atoms with Gasteiger partial charge in [0.05, 0.1) is 13.7 Å². The lowest BCUT2D eigenvalue weighted by atomic mass is 9.85. The summed E-state index contributed by atoms with van der Waals surface area (Å²) >= 11 is 0. The molecule has 1 aromatic carbocycles. The Morgan fingerprint density at radius 1 is 1.12 bits per heavy atom. The number of guanidine groups is 1. The number of nitrogens with zero attached hydrogens (tertiary/aromatic N) is 1. The number of ether oxygens (including phenoxy) is 2. The third-order valence-corrected chi connectivity index (χ3v) is 3.67. The molecule has 0 fully saturated rings. The zero-order chi connectivity index (χ0) is 17.1. The Bertz CT molecular complexity index is 476. The smallest absolute Gasteiger partial charge is 0.191 e. The van der Waals surface area contributed by atoms with Crippen molar-refractivity contribution in [2.24, 2.45) is 4.99 Å². The first-order valence-corrected chi connectivity index (χ1v) is 8.19. The van der Waals surface area contributed by atoms with E-state index < -0.39 is 0 Å². The van der Waals surface area contributed by atoms with E-state index in [1.54, 1.807) is 14.2 Å². The largest absolute Gasteiger partial charge is 0.497 e. The van der Waals surface area contributed by atoms with Gasteiger partial charge in [0.15, 0.2) is 5.96 Å². The van der Waals surface area contributed by atoms with Gasteiger partial charge in [-0.3, -0.25) is 4.99 Å². The molecular formula is C18H32IN3O2. The Balaban J connectivity index is 0.00000529. The van der Waals surface area contributed by atoms with E-state index in [1.165, 1.54) is 5.56 Å². The molecule has 0 spiro atoms. The number of hydrogen-bond acceptors (Lipinski definition) is 3. The van der Waals surface area contributed by atoms with Gasteiger partial charge >= 0.3 is 0 Å². The van der Waals surface area contributed by atoms with Gasteiger partial charge in [-0.25, -0.2) is 0 Å². The SMILES string of the molecule is CCNC(=NCC(C)(C)c1ccc(OC)cc1)NCCCOC.I. The molecule has 0 aliphatic carbocycles. The van der Waals surface area contributed by atoms with Crippen LogP contribution in [-0.4, -0.2) is 46.4 Å². The van der Waals surface area contributed by atoms with E-state index in [1.807, 2.05) is 12.1 Å². The lowest BCUT2D eigenvalue weighted by Crippen LogP contribution is -2.39. The summed E-state index contributed by atoms with van der Waals surface area (Å²) in [5.74, 6) is 1.73. The van der Waals surface area contributed by atoms with Gasteiger partial charge < -0.3 is 20.1 Å². The van der Waals surface area contributed by atoms with E-state index >= 15 is 0 Å². The maximum absolute atomic E-state index is 5.22. The van der Waals surface area contributed by atoms with Crippen molar-refractivity contribution in [3.63, 3.8) is 0 Å². The minimum Gasteiger partial charge on any atom is -0.497 e. The van der Waals surface area contributed by atoms with Crippen LogP contribution in [0, 0.1) is 0 Å². The number of rotatable bonds is 9. The minimum absolute atomic E-state index is 0. The minimum atomic E-state index is -0.0405. The van der Waals surface area contributed by atoms with Crippen LogP contribution in [0.25, 0.3) is 0 Å². The van der Waals surface area contributed by atoms with Crippen molar-refractivity contribution < 1.29 is 9.47 Å². The van der Waals surface area contributed by atoms with Gasteiger partial charge in [0.2, 0.25) is 0 Å². The van der Waals surface area contributed by atoms with Crippen LogP contribution < -0.4 is 15.4 Å². The third kappa shape index (κ3) is 8.19. The molecule has 24 heavy (non-hydrogen) atoms. The molecule has 1 aromatic rings. The monoisotopic (exact) mass is 449 g/mol. The molecule has 0 radical (unpaired) electrons. The van der Waals surface area contributed by atoms with Crippen molar-refractivity contribution in [1.29, 1.82) is 0 Å². The molecule has 0 atom stereocenters. The summed E-state index contributed by atoms with van der Waals surface area (Å²) in [4.78, 5) is 4.72. The summed E-state index contributed by atoms with van der Waals surface area (Å²) < 4.78 is 10.3. The molecule has 138 valence electrons. The summed E-state index contributed by atoms with van der Waals surface area (Å²) in [5, 5.41) is 6.62. The van der Waals surface area contributed by atoms with Gasteiger partial charge in [-0.1, -0.05) is 26.0 Å². The highest BCUT2D eigenvalue weighted by molar-refractivity contribution is 14.0. The first-order chi connectivity index (χ1) is 11.0. The third-order valence-electron chi connectivity index (χ3n) is 3.67. The van der Waals surface area contributed by atoms with Gasteiger partial charge in [-0.05, 0) is 31.0 Å². The van der Waals surface area contributed by atoms with Crippen molar-refractivity contribution in [2.75, 3.05) is 40.5 Å². The van der Waals surface area contributed by atoms with Gasteiger partial charge in [-0.15, -0.1) is 24.0 Å². The Hall–Kier alpha value is -1.02. The molecule has 0 aliphatic rings. The van der Waals surface area contributed by atoms with Crippen molar-refractivity contribution in [2.45, 2.75) is 32.6 Å². The predicted octanol–water partition coefficient (Wildman–Crippen LogP) is 3.18. The lowest BCUT2D eigenvalue weighted by Gasteiger charge is -2.24. The summed E-state index contributed by atoms with van der Waals surface area (Å²) in [5.41, 5.74) is 1.21. The fraction of sp³-hybridized carbons (Fsp3) is 0.611. The highest BCUT2D eigenvalue weighted by Crippen LogP contribution is 2.25. The van der Waals surface area contributed by atoms with Crippen LogP contribution in [0.5, 0.6) is 5.75 Å². The second kappa shape index (κ2) is 12.4. The summed E-state index contributed by atoms with van der Waals surface area (Å²) in [7, 11) is 3.40. The van der Waals surface area contributed by atoms with Crippen molar-refractivity contribution in [1.82, 2.24) is 10.6 Å². The van der Waals surface area contributed by atoms with E-state index in [4.69, 9.17) is 14.5 Å². The number of benzene rings is 1. The van der Waals surface area contributed by atoms with Gasteiger partial charge in [-0.2, -0.15) is 0 Å². The average molecular weight is 449 g/mol. The first kappa shape index (κ1) is 23.0. The summed E-state index contributed by atoms with van der Waals surface area (Å²) in [6.45, 7) is 9.63. The molecule has 1 rings (SSSR count). The second-order valence-corrected chi connectivity index (χ2v) is 6.08. The molecule has 5 nitrogen and oxygen atoms in total. The quantitative estimate of drug-likeness (QED) is 0.263. The molecule has 0 saturated heterocycles. The molecule has 0 heterocycles. The van der Waals surface area contributed by atoms with Crippen LogP contribution in [0.1, 0.15) is 32.8 Å². The van der Waals surface area contributed by atoms with E-state index in [0.29, 0.717) is 6.54 Å². The Morgan fingerprint density at radius 3 is 2.33 bits per heavy atom. The van der Waals surface area contributed by atoms with Crippen LogP contribution in [0.15, 0.2) is 29.3 Å². The van der Waals surface area contributed by atoms with E-state index in [2.05, 4.69) is 43.5 Å². The molecule has 0 amide bonds. The fourth-order valence-corrected chi connectivity index (χ4v) is 2.18. The van der Waals surface area contributed by atoms with Crippen LogP contribution in [0.2, 0.25) is 0 Å². The molecule has 0 aromatic heterocycles. The topological polar surface area (TPSA) is 54.9 Å². The molecule has 2 N–H and O–H groups in total. The Kier molecular flexibility index (Phi) is 11.8. The zero-order valence-electron chi connectivity index (χ0n) is 15.5. The molecule has 0 unspecified atom stereocenters. The lowest BCUT2D eigenvalue weighted by molar-refractivity contribution is 0.195. The maximum Gasteiger partial charge on any atom is 0.191 e. The van der Waals surface area contributed by atoms with Crippen molar-refractivity contribution in [3.8, 4) is 5.75 Å². The fourth-order valence-electron chi connectivity index (χ4n) is 2.18. The molecule has 0 saturated carbocycles.